The van der Waals surface area contributed by atoms with Crippen LogP contribution in [0.3, 0.4) is 0 Å². The van der Waals surface area contributed by atoms with Crippen molar-refractivity contribution in [3.63, 3.8) is 0 Å². The summed E-state index contributed by atoms with van der Waals surface area (Å²) in [6, 6.07) is 4.09. The lowest BCUT2D eigenvalue weighted by Crippen LogP contribution is -2.38. The molecule has 7 nitrogen and oxygen atoms in total. The molecule has 3 aromatic heterocycles. The predicted molar refractivity (Wildman–Crippen MR) is 124 cm³/mol. The third-order valence-electron chi connectivity index (χ3n) is 5.54. The molecule has 0 aliphatic carbocycles. The molecular weight excluding hydrogens is 416 g/mol. The fourth-order valence-corrected chi connectivity index (χ4v) is 5.24. The molecule has 0 aromatic carbocycles. The van der Waals surface area contributed by atoms with Gasteiger partial charge in [-0.1, -0.05) is 32.4 Å². The molecule has 160 valence electrons. The molecule has 0 amide bonds. The van der Waals surface area contributed by atoms with E-state index in [2.05, 4.69) is 64.9 Å². The van der Waals surface area contributed by atoms with Crippen molar-refractivity contribution in [3.8, 4) is 0 Å². The van der Waals surface area contributed by atoms with Gasteiger partial charge < -0.3 is 19.5 Å². The minimum Gasteiger partial charge on any atom is -0.418 e. The van der Waals surface area contributed by atoms with Crippen molar-refractivity contribution in [3.05, 3.63) is 47.1 Å². The van der Waals surface area contributed by atoms with E-state index >= 15 is 0 Å². The smallest absolute Gasteiger partial charge is 0.223 e. The monoisotopic (exact) mass is 444 g/mol. The Morgan fingerprint density at radius 1 is 1.23 bits per heavy atom. The van der Waals surface area contributed by atoms with Gasteiger partial charge in [0.25, 0.3) is 0 Å². The Bertz CT molecular complexity index is 1080. The second-order valence-electron chi connectivity index (χ2n) is 9.67. The Balaban J connectivity index is 1.70. The number of nitrogens with two attached hydrogens (primary N) is 1. The van der Waals surface area contributed by atoms with Crippen molar-refractivity contribution in [2.24, 2.45) is 0 Å². The van der Waals surface area contributed by atoms with Crippen LogP contribution in [0, 0.1) is 0 Å². The van der Waals surface area contributed by atoms with Gasteiger partial charge in [0.2, 0.25) is 5.95 Å². The highest BCUT2D eigenvalue weighted by Crippen LogP contribution is 2.46. The van der Waals surface area contributed by atoms with E-state index in [4.69, 9.17) is 21.8 Å². The van der Waals surface area contributed by atoms with Crippen molar-refractivity contribution < 1.29 is 4.43 Å². The van der Waals surface area contributed by atoms with E-state index in [-0.39, 0.29) is 22.5 Å². The molecule has 3 aromatic rings. The highest BCUT2D eigenvalue weighted by molar-refractivity contribution is 6.32. The Labute approximate surface area is 184 Å². The third-order valence-corrected chi connectivity index (χ3v) is 7.58. The van der Waals surface area contributed by atoms with Crippen LogP contribution in [-0.2, 0) is 11.0 Å². The van der Waals surface area contributed by atoms with E-state index in [0.29, 0.717) is 11.7 Å². The summed E-state index contributed by atoms with van der Waals surface area (Å²) in [5.41, 5.74) is 8.54. The number of rotatable bonds is 5. The molecule has 0 fully saturated rings. The second kappa shape index (κ2) is 7.51. The average molecular weight is 445 g/mol. The van der Waals surface area contributed by atoms with Crippen molar-refractivity contribution >= 4 is 38.6 Å². The molecule has 0 saturated heterocycles. The maximum atomic E-state index is 6.59. The van der Waals surface area contributed by atoms with Gasteiger partial charge in [-0.2, -0.15) is 4.98 Å². The molecule has 1 aliphatic rings. The predicted octanol–water partition coefficient (Wildman–Crippen LogP) is 3.56. The Morgan fingerprint density at radius 3 is 2.73 bits per heavy atom. The minimum atomic E-state index is -0.746. The van der Waals surface area contributed by atoms with Gasteiger partial charge >= 0.3 is 0 Å². The molecule has 0 spiro atoms. The first-order valence-electron chi connectivity index (χ1n) is 10.2. The van der Waals surface area contributed by atoms with Crippen LogP contribution in [0.15, 0.2) is 30.7 Å². The van der Waals surface area contributed by atoms with E-state index in [9.17, 15) is 0 Å². The lowest BCUT2D eigenvalue weighted by molar-refractivity contribution is 0.0828. The fourth-order valence-electron chi connectivity index (χ4n) is 3.93. The molecule has 4 rings (SSSR count). The summed E-state index contributed by atoms with van der Waals surface area (Å²) < 4.78 is 8.59. The number of hydrogen-bond acceptors (Lipinski definition) is 6. The molecule has 1 atom stereocenters. The molecular formula is C21H29ClN6OSi. The topological polar surface area (TPSA) is 81.6 Å². The van der Waals surface area contributed by atoms with Gasteiger partial charge in [0, 0.05) is 36.6 Å². The molecule has 9 heteroatoms. The minimum absolute atomic E-state index is 0.0435. The maximum absolute atomic E-state index is 6.59. The standard InChI is InChI=1S/C21H29ClN6OSi/c1-20(2,3)30-29-21(4,5)13-11-28(18-16(13)17(22)25-19(23)26-18)12-14-15-7-6-9-27(15)10-8-24-14/h6-10,13H,11-12,30H2,1-5H3,(H2,23,25,26). The molecule has 0 bridgehead atoms. The van der Waals surface area contributed by atoms with Gasteiger partial charge in [-0.3, -0.25) is 4.98 Å². The van der Waals surface area contributed by atoms with Crippen molar-refractivity contribution in [2.75, 3.05) is 17.2 Å². The summed E-state index contributed by atoms with van der Waals surface area (Å²) in [7, 11) is -0.746. The Morgan fingerprint density at radius 2 is 2.00 bits per heavy atom. The molecule has 4 heterocycles. The van der Waals surface area contributed by atoms with Gasteiger partial charge in [-0.15, -0.1) is 0 Å². The lowest BCUT2D eigenvalue weighted by atomic mass is 9.87. The molecule has 1 aliphatic heterocycles. The zero-order chi connectivity index (χ0) is 21.7. The van der Waals surface area contributed by atoms with Crippen molar-refractivity contribution in [1.29, 1.82) is 0 Å². The zero-order valence-corrected chi connectivity index (χ0v) is 20.4. The van der Waals surface area contributed by atoms with Crippen LogP contribution in [0.1, 0.15) is 51.8 Å². The highest BCUT2D eigenvalue weighted by atomic mass is 35.5. The number of nitrogen functional groups attached to an aromatic ring is 1. The summed E-state index contributed by atoms with van der Waals surface area (Å²) in [5, 5.41) is 0.613. The fraction of sp³-hybridized carbons (Fsp3) is 0.476. The molecule has 2 N–H and O–H groups in total. The molecule has 30 heavy (non-hydrogen) atoms. The Hall–Kier alpha value is -2.16. The van der Waals surface area contributed by atoms with Gasteiger partial charge in [0.1, 0.15) is 11.0 Å². The van der Waals surface area contributed by atoms with Crippen molar-refractivity contribution in [2.45, 2.75) is 57.7 Å². The number of fused-ring (bicyclic) bond motifs is 2. The van der Waals surface area contributed by atoms with Gasteiger partial charge in [0.05, 0.1) is 23.4 Å². The van der Waals surface area contributed by atoms with Gasteiger partial charge in [-0.05, 0) is 31.0 Å². The SMILES string of the molecule is CC(C)(C)[SiH2]OC(C)(C)C1CN(Cc2nccn3cccc23)c2nc(N)nc(Cl)c21. The number of nitrogens with zero attached hydrogens (tertiary/aromatic N) is 5. The van der Waals surface area contributed by atoms with E-state index in [1.807, 2.05) is 24.7 Å². The molecule has 0 radical (unpaired) electrons. The molecule has 1 unspecified atom stereocenters. The van der Waals surface area contributed by atoms with E-state index in [1.165, 1.54) is 0 Å². The number of aromatic nitrogens is 4. The van der Waals surface area contributed by atoms with Crippen LogP contribution in [-0.4, -0.2) is 41.3 Å². The first-order chi connectivity index (χ1) is 14.0. The first kappa shape index (κ1) is 21.1. The summed E-state index contributed by atoms with van der Waals surface area (Å²) in [6.45, 7) is 12.3. The van der Waals surface area contributed by atoms with E-state index in [1.54, 1.807) is 0 Å². The van der Waals surface area contributed by atoms with Crippen LogP contribution in [0.5, 0.6) is 0 Å². The maximum Gasteiger partial charge on any atom is 0.223 e. The zero-order valence-electron chi connectivity index (χ0n) is 18.2. The van der Waals surface area contributed by atoms with Gasteiger partial charge in [-0.25, -0.2) is 4.98 Å². The van der Waals surface area contributed by atoms with Crippen molar-refractivity contribution in [1.82, 2.24) is 19.4 Å². The number of anilines is 2. The van der Waals surface area contributed by atoms with E-state index in [0.717, 1.165) is 29.1 Å². The van der Waals surface area contributed by atoms with Gasteiger partial charge in [0.15, 0.2) is 9.76 Å². The largest absolute Gasteiger partial charge is 0.418 e. The van der Waals surface area contributed by atoms with Crippen LogP contribution in [0.4, 0.5) is 11.8 Å². The average Bonchev–Trinajstić information content (AvgIpc) is 3.26. The van der Waals surface area contributed by atoms with E-state index < -0.39 is 9.76 Å². The number of halogens is 1. The van der Waals surface area contributed by atoms with Crippen LogP contribution < -0.4 is 10.6 Å². The Kier molecular flexibility index (Phi) is 5.28. The quantitative estimate of drug-likeness (QED) is 0.478. The van der Waals surface area contributed by atoms with Crippen LogP contribution in [0.25, 0.3) is 5.52 Å². The number of hydrogen-bond donors (Lipinski definition) is 1. The lowest BCUT2D eigenvalue weighted by Gasteiger charge is -2.35. The third kappa shape index (κ3) is 4.04. The summed E-state index contributed by atoms with van der Waals surface area (Å²) in [5.74, 6) is 1.00. The molecule has 0 saturated carbocycles. The highest BCUT2D eigenvalue weighted by Gasteiger charge is 2.43. The van der Waals surface area contributed by atoms with Crippen LogP contribution in [0.2, 0.25) is 10.2 Å². The summed E-state index contributed by atoms with van der Waals surface area (Å²) in [4.78, 5) is 15.6. The second-order valence-corrected chi connectivity index (χ2v) is 12.7. The first-order valence-corrected chi connectivity index (χ1v) is 11.8. The summed E-state index contributed by atoms with van der Waals surface area (Å²) >= 11 is 6.59. The normalized spacial score (nSPS) is 17.4. The summed E-state index contributed by atoms with van der Waals surface area (Å²) in [6.07, 6.45) is 5.79. The van der Waals surface area contributed by atoms with Crippen LogP contribution >= 0.6 is 11.6 Å².